The van der Waals surface area contributed by atoms with E-state index in [2.05, 4.69) is 10.2 Å². The molecule has 0 aromatic heterocycles. The number of nitrogens with one attached hydrogen (secondary N) is 1. The minimum absolute atomic E-state index is 0.388. The lowest BCUT2D eigenvalue weighted by molar-refractivity contribution is -0.144. The van der Waals surface area contributed by atoms with Crippen molar-refractivity contribution in [2.24, 2.45) is 0 Å². The maximum absolute atomic E-state index is 12.2. The molecule has 2 saturated heterocycles. The van der Waals surface area contributed by atoms with E-state index in [9.17, 15) is 14.4 Å². The summed E-state index contributed by atoms with van der Waals surface area (Å²) in [6.07, 6.45) is 3.19. The number of anilines is 2. The summed E-state index contributed by atoms with van der Waals surface area (Å²) >= 11 is 0. The molecule has 0 unspecified atom stereocenters. The molecule has 7 nitrogen and oxygen atoms in total. The first-order chi connectivity index (χ1) is 11.7. The number of benzene rings is 1. The molecule has 0 aliphatic carbocycles. The molecule has 0 radical (unpaired) electrons. The summed E-state index contributed by atoms with van der Waals surface area (Å²) in [7, 11) is 0. The van der Waals surface area contributed by atoms with Crippen molar-refractivity contribution < 1.29 is 14.4 Å². The number of rotatable bonds is 3. The van der Waals surface area contributed by atoms with Crippen LogP contribution in [0.1, 0.15) is 12.8 Å². The van der Waals surface area contributed by atoms with Crippen molar-refractivity contribution in [3.63, 3.8) is 0 Å². The van der Waals surface area contributed by atoms with Gasteiger partial charge in [0.25, 0.3) is 0 Å². The summed E-state index contributed by atoms with van der Waals surface area (Å²) in [6.45, 7) is 3.84. The standard InChI is InChI=1S/C17H22N4O3/c22-13-19-9-11-21(12-10-19)17(24)16(23)18-14-3-5-15(6-4-14)20-7-1-2-8-20/h3-6,13H,1-2,7-12H2,(H,18,23). The Hall–Kier alpha value is -2.57. The molecular weight excluding hydrogens is 308 g/mol. The van der Waals surface area contributed by atoms with Gasteiger partial charge in [-0.05, 0) is 37.1 Å². The molecule has 1 aromatic rings. The van der Waals surface area contributed by atoms with Gasteiger partial charge in [0, 0.05) is 50.6 Å². The van der Waals surface area contributed by atoms with Crippen molar-refractivity contribution in [1.82, 2.24) is 9.80 Å². The largest absolute Gasteiger partial charge is 0.372 e. The van der Waals surface area contributed by atoms with Crippen LogP contribution in [0.25, 0.3) is 0 Å². The summed E-state index contributed by atoms with van der Waals surface area (Å²) in [4.78, 5) is 40.3. The average Bonchev–Trinajstić information content (AvgIpc) is 3.16. The van der Waals surface area contributed by atoms with Gasteiger partial charge in [-0.1, -0.05) is 0 Å². The third kappa shape index (κ3) is 3.67. The molecule has 0 bridgehead atoms. The van der Waals surface area contributed by atoms with Gasteiger partial charge in [0.15, 0.2) is 0 Å². The van der Waals surface area contributed by atoms with Gasteiger partial charge in [-0.15, -0.1) is 0 Å². The summed E-state index contributed by atoms with van der Waals surface area (Å²) < 4.78 is 0. The van der Waals surface area contributed by atoms with Gasteiger partial charge in [0.05, 0.1) is 0 Å². The molecule has 1 N–H and O–H groups in total. The Bertz CT molecular complexity index is 603. The third-order valence-electron chi connectivity index (χ3n) is 4.54. The van der Waals surface area contributed by atoms with Gasteiger partial charge in [-0.2, -0.15) is 0 Å². The predicted molar refractivity (Wildman–Crippen MR) is 90.7 cm³/mol. The maximum Gasteiger partial charge on any atom is 0.313 e. The van der Waals surface area contributed by atoms with Crippen molar-refractivity contribution in [3.05, 3.63) is 24.3 Å². The Balaban J connectivity index is 1.54. The predicted octanol–water partition coefficient (Wildman–Crippen LogP) is 0.526. The molecule has 0 saturated carbocycles. The van der Waals surface area contributed by atoms with Crippen molar-refractivity contribution in [3.8, 4) is 0 Å². The molecule has 2 fully saturated rings. The van der Waals surface area contributed by atoms with Gasteiger partial charge in [-0.25, -0.2) is 0 Å². The van der Waals surface area contributed by atoms with Crippen LogP contribution in [-0.2, 0) is 14.4 Å². The number of hydrogen-bond acceptors (Lipinski definition) is 4. The molecular formula is C17H22N4O3. The number of carbonyl (C=O) groups is 3. The molecule has 0 spiro atoms. The third-order valence-corrected chi connectivity index (χ3v) is 4.54. The van der Waals surface area contributed by atoms with E-state index < -0.39 is 11.8 Å². The lowest BCUT2D eigenvalue weighted by Gasteiger charge is -2.31. The van der Waals surface area contributed by atoms with Crippen LogP contribution in [0.4, 0.5) is 11.4 Å². The highest BCUT2D eigenvalue weighted by Crippen LogP contribution is 2.22. The Labute approximate surface area is 141 Å². The van der Waals surface area contributed by atoms with Crippen molar-refractivity contribution in [1.29, 1.82) is 0 Å². The number of nitrogens with zero attached hydrogens (tertiary/aromatic N) is 3. The quantitative estimate of drug-likeness (QED) is 0.648. The first-order valence-corrected chi connectivity index (χ1v) is 8.32. The van der Waals surface area contributed by atoms with Crippen molar-refractivity contribution in [2.45, 2.75) is 12.8 Å². The van der Waals surface area contributed by atoms with E-state index in [0.29, 0.717) is 31.9 Å². The van der Waals surface area contributed by atoms with E-state index in [4.69, 9.17) is 0 Å². The normalized spacial score (nSPS) is 17.8. The van der Waals surface area contributed by atoms with Gasteiger partial charge in [0.1, 0.15) is 0 Å². The number of hydrogen-bond donors (Lipinski definition) is 1. The second-order valence-corrected chi connectivity index (χ2v) is 6.13. The molecule has 7 heteroatoms. The average molecular weight is 330 g/mol. The zero-order chi connectivity index (χ0) is 16.9. The summed E-state index contributed by atoms with van der Waals surface area (Å²) in [5, 5.41) is 2.65. The molecule has 2 aliphatic heterocycles. The van der Waals surface area contributed by atoms with Gasteiger partial charge in [0.2, 0.25) is 6.41 Å². The Kier molecular flexibility index (Phi) is 4.98. The first-order valence-electron chi connectivity index (χ1n) is 8.32. The highest BCUT2D eigenvalue weighted by atomic mass is 16.2. The van der Waals surface area contributed by atoms with Crippen LogP contribution in [0, 0.1) is 0 Å². The molecule has 2 heterocycles. The summed E-state index contributed by atoms with van der Waals surface area (Å²) in [5.74, 6) is -1.19. The van der Waals surface area contributed by atoms with Crippen LogP contribution in [0.3, 0.4) is 0 Å². The summed E-state index contributed by atoms with van der Waals surface area (Å²) in [6, 6.07) is 7.58. The highest BCUT2D eigenvalue weighted by Gasteiger charge is 2.25. The lowest BCUT2D eigenvalue weighted by Crippen LogP contribution is -2.51. The molecule has 2 aliphatic rings. The van der Waals surface area contributed by atoms with Gasteiger partial charge >= 0.3 is 11.8 Å². The van der Waals surface area contributed by atoms with E-state index in [1.54, 1.807) is 4.90 Å². The Morgan fingerprint density at radius 3 is 2.12 bits per heavy atom. The zero-order valence-electron chi connectivity index (χ0n) is 13.6. The van der Waals surface area contributed by atoms with E-state index in [-0.39, 0.29) is 0 Å². The minimum atomic E-state index is -0.636. The maximum atomic E-state index is 12.2. The van der Waals surface area contributed by atoms with Crippen LogP contribution < -0.4 is 10.2 Å². The topological polar surface area (TPSA) is 73.0 Å². The zero-order valence-corrected chi connectivity index (χ0v) is 13.6. The van der Waals surface area contributed by atoms with Crippen molar-refractivity contribution in [2.75, 3.05) is 49.5 Å². The van der Waals surface area contributed by atoms with Crippen LogP contribution in [-0.4, -0.2) is 67.3 Å². The van der Waals surface area contributed by atoms with Crippen LogP contribution in [0.15, 0.2) is 24.3 Å². The summed E-state index contributed by atoms with van der Waals surface area (Å²) in [5.41, 5.74) is 1.75. The SMILES string of the molecule is O=CN1CCN(C(=O)C(=O)Nc2ccc(N3CCCC3)cc2)CC1. The minimum Gasteiger partial charge on any atom is -0.372 e. The fraction of sp³-hybridized carbons (Fsp3) is 0.471. The van der Waals surface area contributed by atoms with Gasteiger partial charge < -0.3 is 20.0 Å². The molecule has 3 rings (SSSR count). The first kappa shape index (κ1) is 16.3. The smallest absolute Gasteiger partial charge is 0.313 e. The van der Waals surface area contributed by atoms with E-state index in [1.165, 1.54) is 17.7 Å². The Morgan fingerprint density at radius 1 is 0.917 bits per heavy atom. The molecule has 128 valence electrons. The van der Waals surface area contributed by atoms with E-state index in [1.807, 2.05) is 24.3 Å². The molecule has 1 aromatic carbocycles. The van der Waals surface area contributed by atoms with Crippen LogP contribution in [0.5, 0.6) is 0 Å². The van der Waals surface area contributed by atoms with E-state index in [0.717, 1.165) is 25.2 Å². The fourth-order valence-corrected chi connectivity index (χ4v) is 3.09. The molecule has 3 amide bonds. The monoisotopic (exact) mass is 330 g/mol. The number of piperazine rings is 1. The molecule has 24 heavy (non-hydrogen) atoms. The van der Waals surface area contributed by atoms with Crippen molar-refractivity contribution >= 4 is 29.6 Å². The lowest BCUT2D eigenvalue weighted by atomic mass is 10.2. The molecule has 0 atom stereocenters. The van der Waals surface area contributed by atoms with Crippen LogP contribution >= 0.6 is 0 Å². The second-order valence-electron chi connectivity index (χ2n) is 6.13. The van der Waals surface area contributed by atoms with E-state index >= 15 is 0 Å². The number of amides is 3. The number of carbonyl (C=O) groups excluding carboxylic acids is 3. The Morgan fingerprint density at radius 2 is 1.54 bits per heavy atom. The van der Waals surface area contributed by atoms with Gasteiger partial charge in [-0.3, -0.25) is 14.4 Å². The second kappa shape index (κ2) is 7.33. The highest BCUT2D eigenvalue weighted by molar-refractivity contribution is 6.39. The fourth-order valence-electron chi connectivity index (χ4n) is 3.09. The van der Waals surface area contributed by atoms with Crippen LogP contribution in [0.2, 0.25) is 0 Å².